The van der Waals surface area contributed by atoms with Gasteiger partial charge in [0.15, 0.2) is 0 Å². The quantitative estimate of drug-likeness (QED) is 0.752. The summed E-state index contributed by atoms with van der Waals surface area (Å²) in [7, 11) is 2.17. The maximum absolute atomic E-state index is 13.3. The van der Waals surface area contributed by atoms with Crippen molar-refractivity contribution in [1.29, 1.82) is 0 Å². The number of piperidine rings is 1. The number of ether oxygens (including phenoxy) is 1. The lowest BCUT2D eigenvalue weighted by Gasteiger charge is -2.37. The summed E-state index contributed by atoms with van der Waals surface area (Å²) >= 11 is 0. The van der Waals surface area contributed by atoms with Crippen molar-refractivity contribution in [3.05, 3.63) is 48.5 Å². The highest BCUT2D eigenvalue weighted by Gasteiger charge is 2.30. The molecule has 0 aliphatic carbocycles. The minimum atomic E-state index is -0.238. The summed E-state index contributed by atoms with van der Waals surface area (Å²) in [5, 5.41) is 0.954. The van der Waals surface area contributed by atoms with Gasteiger partial charge >= 0.3 is 0 Å². The Bertz CT molecular complexity index is 895. The Morgan fingerprint density at radius 3 is 2.65 bits per heavy atom. The number of nitrogens with one attached hydrogen (secondary N) is 1. The van der Waals surface area contributed by atoms with Gasteiger partial charge in [0, 0.05) is 23.4 Å². The standard InChI is InChI=1S/C21H24FN3O/c1-21(8-11-25(2)12-9-21)14-26-18-7-10-23-20-19(18)17(13-24-20)15-3-5-16(22)6-4-15/h3-7,10,13H,8-9,11-12,14H2,1-2H3,(H,23,24). The fraction of sp³-hybridized carbons (Fsp3) is 0.381. The molecule has 1 fully saturated rings. The van der Waals surface area contributed by atoms with Crippen LogP contribution >= 0.6 is 0 Å². The van der Waals surface area contributed by atoms with Crippen molar-refractivity contribution in [1.82, 2.24) is 14.9 Å². The molecule has 0 spiro atoms. The predicted molar refractivity (Wildman–Crippen MR) is 102 cm³/mol. The fourth-order valence-corrected chi connectivity index (χ4v) is 3.56. The van der Waals surface area contributed by atoms with E-state index in [1.165, 1.54) is 12.1 Å². The number of aromatic nitrogens is 2. The molecule has 1 N–H and O–H groups in total. The van der Waals surface area contributed by atoms with Crippen molar-refractivity contribution in [3.8, 4) is 16.9 Å². The monoisotopic (exact) mass is 353 g/mol. The van der Waals surface area contributed by atoms with Crippen LogP contribution in [0.4, 0.5) is 4.39 Å². The summed E-state index contributed by atoms with van der Waals surface area (Å²) in [6.07, 6.45) is 5.94. The molecule has 2 aromatic heterocycles. The molecule has 0 unspecified atom stereocenters. The number of hydrogen-bond acceptors (Lipinski definition) is 3. The van der Waals surface area contributed by atoms with Gasteiger partial charge in [0.05, 0.1) is 12.0 Å². The number of likely N-dealkylation sites (tertiary alicyclic amines) is 1. The van der Waals surface area contributed by atoms with E-state index in [4.69, 9.17) is 4.74 Å². The number of halogens is 1. The molecule has 0 radical (unpaired) electrons. The highest BCUT2D eigenvalue weighted by Crippen LogP contribution is 2.36. The van der Waals surface area contributed by atoms with Crippen LogP contribution in [-0.2, 0) is 0 Å². The van der Waals surface area contributed by atoms with Gasteiger partial charge in [0.1, 0.15) is 17.2 Å². The second-order valence-corrected chi connectivity index (χ2v) is 7.64. The Morgan fingerprint density at radius 1 is 1.19 bits per heavy atom. The van der Waals surface area contributed by atoms with Crippen LogP contribution in [0.1, 0.15) is 19.8 Å². The molecular weight excluding hydrogens is 329 g/mol. The molecule has 0 amide bonds. The molecule has 5 heteroatoms. The first-order chi connectivity index (χ1) is 12.5. The van der Waals surface area contributed by atoms with Gasteiger partial charge in [-0.25, -0.2) is 9.37 Å². The van der Waals surface area contributed by atoms with Crippen molar-refractivity contribution in [2.45, 2.75) is 19.8 Å². The van der Waals surface area contributed by atoms with Crippen LogP contribution in [0.2, 0.25) is 0 Å². The molecule has 1 aliphatic rings. The van der Waals surface area contributed by atoms with Gasteiger partial charge in [-0.1, -0.05) is 19.1 Å². The second kappa shape index (κ2) is 6.72. The number of nitrogens with zero attached hydrogens (tertiary/aromatic N) is 2. The zero-order valence-electron chi connectivity index (χ0n) is 15.3. The lowest BCUT2D eigenvalue weighted by atomic mass is 9.81. The van der Waals surface area contributed by atoms with E-state index in [0.717, 1.165) is 53.8 Å². The van der Waals surface area contributed by atoms with Crippen LogP contribution in [0.15, 0.2) is 42.7 Å². The lowest BCUT2D eigenvalue weighted by molar-refractivity contribution is 0.0811. The maximum atomic E-state index is 13.3. The first kappa shape index (κ1) is 17.0. The second-order valence-electron chi connectivity index (χ2n) is 7.64. The van der Waals surface area contributed by atoms with Crippen molar-refractivity contribution < 1.29 is 9.13 Å². The van der Waals surface area contributed by atoms with E-state index in [9.17, 15) is 4.39 Å². The third kappa shape index (κ3) is 3.31. The Balaban J connectivity index is 1.63. The van der Waals surface area contributed by atoms with Crippen LogP contribution in [0.5, 0.6) is 5.75 Å². The number of benzene rings is 1. The highest BCUT2D eigenvalue weighted by molar-refractivity contribution is 5.98. The van der Waals surface area contributed by atoms with Crippen LogP contribution in [0, 0.1) is 11.2 Å². The summed E-state index contributed by atoms with van der Waals surface area (Å²) in [6.45, 7) is 5.21. The van der Waals surface area contributed by atoms with Gasteiger partial charge in [0.2, 0.25) is 0 Å². The van der Waals surface area contributed by atoms with E-state index in [-0.39, 0.29) is 11.2 Å². The number of pyridine rings is 1. The van der Waals surface area contributed by atoms with Gasteiger partial charge in [0.25, 0.3) is 0 Å². The number of aromatic amines is 1. The summed E-state index contributed by atoms with van der Waals surface area (Å²) in [4.78, 5) is 9.98. The van der Waals surface area contributed by atoms with Crippen molar-refractivity contribution in [3.63, 3.8) is 0 Å². The van der Waals surface area contributed by atoms with Crippen LogP contribution in [0.3, 0.4) is 0 Å². The van der Waals surface area contributed by atoms with Crippen molar-refractivity contribution in [2.24, 2.45) is 5.41 Å². The van der Waals surface area contributed by atoms with Gasteiger partial charge in [-0.3, -0.25) is 0 Å². The van der Waals surface area contributed by atoms with Crippen LogP contribution < -0.4 is 4.74 Å². The van der Waals surface area contributed by atoms with E-state index < -0.39 is 0 Å². The van der Waals surface area contributed by atoms with Gasteiger partial charge in [-0.05, 0) is 56.7 Å². The average Bonchev–Trinajstić information content (AvgIpc) is 3.08. The smallest absolute Gasteiger partial charge is 0.141 e. The highest BCUT2D eigenvalue weighted by atomic mass is 19.1. The molecule has 1 saturated heterocycles. The van der Waals surface area contributed by atoms with Crippen molar-refractivity contribution >= 4 is 11.0 Å². The van der Waals surface area contributed by atoms with Crippen LogP contribution in [-0.4, -0.2) is 41.6 Å². The minimum absolute atomic E-state index is 0.189. The first-order valence-corrected chi connectivity index (χ1v) is 9.07. The molecule has 4 rings (SSSR count). The van der Waals surface area contributed by atoms with E-state index in [1.54, 1.807) is 18.3 Å². The molecule has 3 heterocycles. The Labute approximate surface area is 153 Å². The molecule has 3 aromatic rings. The van der Waals surface area contributed by atoms with E-state index >= 15 is 0 Å². The number of rotatable bonds is 4. The molecule has 4 nitrogen and oxygen atoms in total. The third-order valence-corrected chi connectivity index (χ3v) is 5.46. The van der Waals surface area contributed by atoms with Gasteiger partial charge < -0.3 is 14.6 Å². The molecule has 1 aliphatic heterocycles. The molecule has 0 atom stereocenters. The van der Waals surface area contributed by atoms with Crippen LogP contribution in [0.25, 0.3) is 22.2 Å². The molecule has 26 heavy (non-hydrogen) atoms. The minimum Gasteiger partial charge on any atom is -0.492 e. The first-order valence-electron chi connectivity index (χ1n) is 9.07. The zero-order chi connectivity index (χ0) is 18.1. The van der Waals surface area contributed by atoms with Gasteiger partial charge in [-0.15, -0.1) is 0 Å². The molecular formula is C21H24FN3O. The third-order valence-electron chi connectivity index (χ3n) is 5.46. The summed E-state index contributed by atoms with van der Waals surface area (Å²) < 4.78 is 19.6. The normalized spacial score (nSPS) is 17.5. The summed E-state index contributed by atoms with van der Waals surface area (Å²) in [5.41, 5.74) is 2.90. The number of fused-ring (bicyclic) bond motifs is 1. The van der Waals surface area contributed by atoms with E-state index in [1.807, 2.05) is 12.3 Å². The molecule has 0 saturated carbocycles. The topological polar surface area (TPSA) is 41.1 Å². The van der Waals surface area contributed by atoms with E-state index in [2.05, 4.69) is 28.8 Å². The Hall–Kier alpha value is -2.40. The average molecular weight is 353 g/mol. The van der Waals surface area contributed by atoms with Gasteiger partial charge in [-0.2, -0.15) is 0 Å². The van der Waals surface area contributed by atoms with Crippen molar-refractivity contribution in [2.75, 3.05) is 26.7 Å². The van der Waals surface area contributed by atoms with E-state index in [0.29, 0.717) is 6.61 Å². The SMILES string of the molecule is CN1CCC(C)(COc2ccnc3[nH]cc(-c4ccc(F)cc4)c23)CC1. The molecule has 0 bridgehead atoms. The summed E-state index contributed by atoms with van der Waals surface area (Å²) in [5.74, 6) is 0.592. The Kier molecular flexibility index (Phi) is 4.41. The summed E-state index contributed by atoms with van der Waals surface area (Å²) in [6, 6.07) is 8.44. The zero-order valence-corrected chi connectivity index (χ0v) is 15.3. The fourth-order valence-electron chi connectivity index (χ4n) is 3.56. The lowest BCUT2D eigenvalue weighted by Crippen LogP contribution is -2.39. The largest absolute Gasteiger partial charge is 0.492 e. The Morgan fingerprint density at radius 2 is 1.92 bits per heavy atom. The molecule has 136 valence electrons. The molecule has 1 aromatic carbocycles. The number of hydrogen-bond donors (Lipinski definition) is 1. The maximum Gasteiger partial charge on any atom is 0.141 e. The predicted octanol–water partition coefficient (Wildman–Crippen LogP) is 4.48. The number of H-pyrrole nitrogens is 1.